The second-order valence-corrected chi connectivity index (χ2v) is 7.76. The summed E-state index contributed by atoms with van der Waals surface area (Å²) in [6.45, 7) is 2.93. The molecule has 0 saturated carbocycles. The first kappa shape index (κ1) is 20.6. The second kappa shape index (κ2) is 9.43. The molecule has 6 nitrogen and oxygen atoms in total. The summed E-state index contributed by atoms with van der Waals surface area (Å²) in [5.41, 5.74) is 3.26. The number of ketones is 1. The van der Waals surface area contributed by atoms with E-state index in [-0.39, 0.29) is 24.1 Å². The van der Waals surface area contributed by atoms with Gasteiger partial charge in [-0.25, -0.2) is 4.39 Å². The van der Waals surface area contributed by atoms with Crippen molar-refractivity contribution in [3.63, 3.8) is 0 Å². The summed E-state index contributed by atoms with van der Waals surface area (Å²) in [6, 6.07) is 10.2. The zero-order valence-electron chi connectivity index (χ0n) is 16.8. The van der Waals surface area contributed by atoms with Gasteiger partial charge in [0.2, 0.25) is 0 Å². The maximum Gasteiger partial charge on any atom is 0.165 e. The molecule has 2 heterocycles. The Morgan fingerprint density at radius 1 is 1.33 bits per heavy atom. The number of halogens is 1. The van der Waals surface area contributed by atoms with Crippen LogP contribution >= 0.6 is 0 Å². The minimum Gasteiger partial charge on any atom is -0.376 e. The molecule has 0 amide bonds. The smallest absolute Gasteiger partial charge is 0.165 e. The van der Waals surface area contributed by atoms with Crippen molar-refractivity contribution in [2.24, 2.45) is 0 Å². The largest absolute Gasteiger partial charge is 0.376 e. The van der Waals surface area contributed by atoms with Gasteiger partial charge < -0.3 is 10.1 Å². The summed E-state index contributed by atoms with van der Waals surface area (Å²) in [6.07, 6.45) is 2.38. The number of Topliss-reactive ketones (excluding diaryl/α,β-unsaturated/α-hetero) is 1. The van der Waals surface area contributed by atoms with Crippen molar-refractivity contribution in [2.75, 3.05) is 26.2 Å². The Morgan fingerprint density at radius 2 is 2.23 bits per heavy atom. The molecule has 2 atom stereocenters. The van der Waals surface area contributed by atoms with Crippen LogP contribution in [0.3, 0.4) is 0 Å². The standard InChI is InChI=1S/C23H25FN4O2/c24-20-11-16(21-5-4-19-22(28-21)6-7-23(19)29)3-2-15(20)10-17(12-25)27-14-18-13-26-8-1-9-30-18/h2-5,11,17-18,26-27H,1,6-10,13-14H2/t17-,18?/m0/s1. The molecule has 1 aliphatic carbocycles. The minimum absolute atomic E-state index is 0.00772. The molecule has 2 aliphatic rings. The lowest BCUT2D eigenvalue weighted by atomic mass is 10.0. The van der Waals surface area contributed by atoms with E-state index < -0.39 is 6.04 Å². The number of pyridine rings is 1. The molecule has 30 heavy (non-hydrogen) atoms. The molecular formula is C23H25FN4O2. The van der Waals surface area contributed by atoms with Gasteiger partial charge >= 0.3 is 0 Å². The van der Waals surface area contributed by atoms with Crippen molar-refractivity contribution in [3.8, 4) is 17.3 Å². The average molecular weight is 408 g/mol. The zero-order chi connectivity index (χ0) is 20.9. The number of fused-ring (bicyclic) bond motifs is 1. The number of aromatic nitrogens is 1. The van der Waals surface area contributed by atoms with E-state index in [2.05, 4.69) is 21.7 Å². The van der Waals surface area contributed by atoms with Crippen molar-refractivity contribution < 1.29 is 13.9 Å². The summed E-state index contributed by atoms with van der Waals surface area (Å²) < 4.78 is 20.5. The van der Waals surface area contributed by atoms with E-state index in [0.29, 0.717) is 48.4 Å². The predicted molar refractivity (Wildman–Crippen MR) is 111 cm³/mol. The summed E-state index contributed by atoms with van der Waals surface area (Å²) in [5, 5.41) is 16.0. The molecule has 4 rings (SSSR count). The zero-order valence-corrected chi connectivity index (χ0v) is 16.8. The summed E-state index contributed by atoms with van der Waals surface area (Å²) in [4.78, 5) is 16.3. The van der Waals surface area contributed by atoms with Gasteiger partial charge in [-0.1, -0.05) is 12.1 Å². The quantitative estimate of drug-likeness (QED) is 0.763. The van der Waals surface area contributed by atoms with Crippen LogP contribution < -0.4 is 10.6 Å². The SMILES string of the molecule is N#C[C@H](Cc1ccc(-c2ccc3c(n2)CCC3=O)cc1F)NCC1CNCCCO1. The van der Waals surface area contributed by atoms with E-state index >= 15 is 0 Å². The Labute approximate surface area is 175 Å². The van der Waals surface area contributed by atoms with E-state index in [1.165, 1.54) is 6.07 Å². The van der Waals surface area contributed by atoms with E-state index in [1.54, 1.807) is 18.2 Å². The van der Waals surface area contributed by atoms with Crippen LogP contribution in [0.5, 0.6) is 0 Å². The molecule has 1 saturated heterocycles. The first-order chi connectivity index (χ1) is 14.6. The van der Waals surface area contributed by atoms with Crippen LogP contribution in [0.2, 0.25) is 0 Å². The number of rotatable bonds is 6. The van der Waals surface area contributed by atoms with Gasteiger partial charge in [-0.15, -0.1) is 0 Å². The molecular weight excluding hydrogens is 383 g/mol. The fourth-order valence-corrected chi connectivity index (χ4v) is 3.90. The van der Waals surface area contributed by atoms with Crippen molar-refractivity contribution in [2.45, 2.75) is 37.8 Å². The number of carbonyl (C=O) groups excluding carboxylic acids is 1. The van der Waals surface area contributed by atoms with E-state index in [1.807, 2.05) is 6.07 Å². The predicted octanol–water partition coefficient (Wildman–Crippen LogP) is 2.42. The Balaban J connectivity index is 1.41. The Kier molecular flexibility index (Phi) is 6.48. The number of aryl methyl sites for hydroxylation is 1. The number of nitriles is 1. The molecule has 1 fully saturated rings. The highest BCUT2D eigenvalue weighted by atomic mass is 19.1. The highest BCUT2D eigenvalue weighted by molar-refractivity contribution is 6.00. The molecule has 2 N–H and O–H groups in total. The Hall–Kier alpha value is -2.66. The Morgan fingerprint density at radius 3 is 3.07 bits per heavy atom. The van der Waals surface area contributed by atoms with Gasteiger partial charge in [-0.3, -0.25) is 15.1 Å². The lowest BCUT2D eigenvalue weighted by Crippen LogP contribution is -2.40. The maximum atomic E-state index is 14.8. The molecule has 156 valence electrons. The van der Waals surface area contributed by atoms with Gasteiger partial charge in [-0.05, 0) is 43.1 Å². The summed E-state index contributed by atoms with van der Waals surface area (Å²) in [5.74, 6) is -0.244. The highest BCUT2D eigenvalue weighted by Gasteiger charge is 2.21. The average Bonchev–Trinajstić information content (AvgIpc) is 2.96. The fourth-order valence-electron chi connectivity index (χ4n) is 3.90. The number of nitrogens with zero attached hydrogens (tertiary/aromatic N) is 2. The number of carbonyl (C=O) groups is 1. The number of nitrogens with one attached hydrogen (secondary N) is 2. The van der Waals surface area contributed by atoms with Gasteiger partial charge in [0.05, 0.1) is 29.6 Å². The van der Waals surface area contributed by atoms with Crippen LogP contribution in [-0.2, 0) is 17.6 Å². The van der Waals surface area contributed by atoms with E-state index in [0.717, 1.165) is 25.2 Å². The van der Waals surface area contributed by atoms with Crippen LogP contribution in [0.15, 0.2) is 30.3 Å². The monoisotopic (exact) mass is 408 g/mol. The molecule has 1 aliphatic heterocycles. The first-order valence-electron chi connectivity index (χ1n) is 10.4. The minimum atomic E-state index is -0.499. The van der Waals surface area contributed by atoms with Crippen LogP contribution in [0, 0.1) is 17.1 Å². The third kappa shape index (κ3) is 4.73. The molecule has 1 aromatic carbocycles. The van der Waals surface area contributed by atoms with Crippen molar-refractivity contribution in [3.05, 3.63) is 53.0 Å². The van der Waals surface area contributed by atoms with Crippen LogP contribution in [0.1, 0.15) is 34.5 Å². The van der Waals surface area contributed by atoms with Crippen LogP contribution in [0.25, 0.3) is 11.3 Å². The normalized spacial score (nSPS) is 19.7. The van der Waals surface area contributed by atoms with Gasteiger partial charge in [0.15, 0.2) is 5.78 Å². The second-order valence-electron chi connectivity index (χ2n) is 7.76. The number of benzene rings is 1. The summed E-state index contributed by atoms with van der Waals surface area (Å²) >= 11 is 0. The molecule has 0 bridgehead atoms. The van der Waals surface area contributed by atoms with E-state index in [4.69, 9.17) is 4.74 Å². The van der Waals surface area contributed by atoms with Gasteiger partial charge in [0, 0.05) is 43.7 Å². The third-order valence-electron chi connectivity index (χ3n) is 5.61. The van der Waals surface area contributed by atoms with Gasteiger partial charge in [0.1, 0.15) is 5.82 Å². The maximum absolute atomic E-state index is 14.8. The van der Waals surface area contributed by atoms with Crippen LogP contribution in [-0.4, -0.2) is 49.2 Å². The van der Waals surface area contributed by atoms with Crippen molar-refractivity contribution >= 4 is 5.78 Å². The first-order valence-corrected chi connectivity index (χ1v) is 10.4. The van der Waals surface area contributed by atoms with Gasteiger partial charge in [0.25, 0.3) is 0 Å². The fraction of sp³-hybridized carbons (Fsp3) is 0.435. The third-order valence-corrected chi connectivity index (χ3v) is 5.61. The van der Waals surface area contributed by atoms with Gasteiger partial charge in [-0.2, -0.15) is 5.26 Å². The van der Waals surface area contributed by atoms with Crippen LogP contribution in [0.4, 0.5) is 4.39 Å². The number of hydrogen-bond donors (Lipinski definition) is 2. The highest BCUT2D eigenvalue weighted by Crippen LogP contribution is 2.26. The number of hydrogen-bond acceptors (Lipinski definition) is 6. The van der Waals surface area contributed by atoms with Crippen molar-refractivity contribution in [1.82, 2.24) is 15.6 Å². The lowest BCUT2D eigenvalue weighted by molar-refractivity contribution is 0.0660. The number of ether oxygens (including phenoxy) is 1. The molecule has 0 radical (unpaired) electrons. The van der Waals surface area contributed by atoms with Crippen molar-refractivity contribution in [1.29, 1.82) is 5.26 Å². The summed E-state index contributed by atoms with van der Waals surface area (Å²) in [7, 11) is 0. The molecule has 1 aromatic heterocycles. The molecule has 1 unspecified atom stereocenters. The molecule has 7 heteroatoms. The lowest BCUT2D eigenvalue weighted by Gasteiger charge is -2.18. The van der Waals surface area contributed by atoms with E-state index in [9.17, 15) is 14.4 Å². The molecule has 0 spiro atoms. The Bertz CT molecular complexity index is 964. The topological polar surface area (TPSA) is 87.0 Å². The molecule has 2 aromatic rings.